The van der Waals surface area contributed by atoms with Crippen molar-refractivity contribution >= 4 is 23.3 Å². The predicted molar refractivity (Wildman–Crippen MR) is 89.0 cm³/mol. The number of thiazole rings is 1. The molecule has 0 atom stereocenters. The van der Waals surface area contributed by atoms with E-state index >= 15 is 0 Å². The number of hydrogen-bond acceptors (Lipinski definition) is 6. The maximum Gasteiger partial charge on any atom is 0.246 e. The van der Waals surface area contributed by atoms with Crippen LogP contribution in [0.3, 0.4) is 0 Å². The molecule has 3 heterocycles. The highest BCUT2D eigenvalue weighted by Crippen LogP contribution is 2.11. The molecule has 1 saturated heterocycles. The van der Waals surface area contributed by atoms with Crippen molar-refractivity contribution in [3.8, 4) is 0 Å². The van der Waals surface area contributed by atoms with Crippen molar-refractivity contribution in [3.63, 3.8) is 0 Å². The third kappa shape index (κ3) is 4.27. The minimum absolute atomic E-state index is 0.0487. The Kier molecular flexibility index (Phi) is 4.88. The standard InChI is InChI=1S/C16H20N4O2S/c1-12-9-15(18-22-12)10-19-5-7-20(8-6-19)16(21)4-3-14-11-23-13(2)17-14/h3-4,9,11H,5-8,10H2,1-2H3/b4-3+. The maximum atomic E-state index is 12.2. The first-order chi connectivity index (χ1) is 11.1. The topological polar surface area (TPSA) is 62.5 Å². The van der Waals surface area contributed by atoms with E-state index in [1.807, 2.05) is 30.2 Å². The molecule has 0 spiro atoms. The molecule has 0 bridgehead atoms. The van der Waals surface area contributed by atoms with E-state index in [4.69, 9.17) is 4.52 Å². The van der Waals surface area contributed by atoms with Crippen molar-refractivity contribution in [2.75, 3.05) is 26.2 Å². The minimum atomic E-state index is 0.0487. The number of carbonyl (C=O) groups excluding carboxylic acids is 1. The minimum Gasteiger partial charge on any atom is -0.361 e. The molecule has 0 saturated carbocycles. The van der Waals surface area contributed by atoms with Crippen LogP contribution in [0.2, 0.25) is 0 Å². The van der Waals surface area contributed by atoms with Crippen LogP contribution in [-0.4, -0.2) is 52.0 Å². The van der Waals surface area contributed by atoms with Gasteiger partial charge in [-0.05, 0) is 19.9 Å². The largest absolute Gasteiger partial charge is 0.361 e. The summed E-state index contributed by atoms with van der Waals surface area (Å²) in [6.45, 7) is 7.78. The van der Waals surface area contributed by atoms with Crippen LogP contribution in [0.1, 0.15) is 22.2 Å². The summed E-state index contributed by atoms with van der Waals surface area (Å²) < 4.78 is 5.09. The monoisotopic (exact) mass is 332 g/mol. The van der Waals surface area contributed by atoms with E-state index in [9.17, 15) is 4.79 Å². The molecule has 6 nitrogen and oxygen atoms in total. The van der Waals surface area contributed by atoms with Crippen LogP contribution < -0.4 is 0 Å². The van der Waals surface area contributed by atoms with Crippen LogP contribution in [0.5, 0.6) is 0 Å². The predicted octanol–water partition coefficient (Wildman–Crippen LogP) is 2.11. The van der Waals surface area contributed by atoms with Gasteiger partial charge in [-0.3, -0.25) is 9.69 Å². The van der Waals surface area contributed by atoms with Gasteiger partial charge in [0.15, 0.2) is 0 Å². The van der Waals surface area contributed by atoms with Crippen LogP contribution in [0.25, 0.3) is 6.08 Å². The Morgan fingerprint density at radius 2 is 2.13 bits per heavy atom. The van der Waals surface area contributed by atoms with E-state index in [0.29, 0.717) is 0 Å². The molecule has 3 rings (SSSR count). The summed E-state index contributed by atoms with van der Waals surface area (Å²) >= 11 is 1.59. The van der Waals surface area contributed by atoms with Crippen molar-refractivity contribution in [1.29, 1.82) is 0 Å². The summed E-state index contributed by atoms with van der Waals surface area (Å²) in [5.74, 6) is 0.879. The van der Waals surface area contributed by atoms with Gasteiger partial charge in [0.25, 0.3) is 0 Å². The molecule has 0 aromatic carbocycles. The number of hydrogen-bond donors (Lipinski definition) is 0. The van der Waals surface area contributed by atoms with Crippen molar-refractivity contribution < 1.29 is 9.32 Å². The van der Waals surface area contributed by atoms with Crippen LogP contribution in [-0.2, 0) is 11.3 Å². The van der Waals surface area contributed by atoms with Gasteiger partial charge in [0.1, 0.15) is 5.76 Å². The van der Waals surface area contributed by atoms with Gasteiger partial charge in [-0.25, -0.2) is 4.98 Å². The molecule has 2 aromatic heterocycles. The highest BCUT2D eigenvalue weighted by Gasteiger charge is 2.20. The van der Waals surface area contributed by atoms with E-state index in [1.165, 1.54) is 0 Å². The van der Waals surface area contributed by atoms with Gasteiger partial charge < -0.3 is 9.42 Å². The van der Waals surface area contributed by atoms with Gasteiger partial charge in [0.2, 0.25) is 5.91 Å². The average Bonchev–Trinajstić information content (AvgIpc) is 3.14. The van der Waals surface area contributed by atoms with Crippen molar-refractivity contribution in [2.45, 2.75) is 20.4 Å². The number of carbonyl (C=O) groups is 1. The SMILES string of the molecule is Cc1cc(CN2CCN(C(=O)/C=C/c3csc(C)n3)CC2)no1. The molecule has 0 aliphatic carbocycles. The van der Waals surface area contributed by atoms with E-state index in [2.05, 4.69) is 15.0 Å². The Labute approximate surface area is 139 Å². The van der Waals surface area contributed by atoms with E-state index < -0.39 is 0 Å². The molecule has 0 unspecified atom stereocenters. The summed E-state index contributed by atoms with van der Waals surface area (Å²) in [6, 6.07) is 1.95. The van der Waals surface area contributed by atoms with Crippen LogP contribution in [0.15, 0.2) is 22.0 Å². The zero-order valence-corrected chi connectivity index (χ0v) is 14.2. The zero-order valence-electron chi connectivity index (χ0n) is 13.4. The van der Waals surface area contributed by atoms with E-state index in [-0.39, 0.29) is 5.91 Å². The van der Waals surface area contributed by atoms with Gasteiger partial charge >= 0.3 is 0 Å². The van der Waals surface area contributed by atoms with Crippen molar-refractivity contribution in [2.24, 2.45) is 0 Å². The Morgan fingerprint density at radius 1 is 1.35 bits per heavy atom. The highest BCUT2D eigenvalue weighted by atomic mass is 32.1. The van der Waals surface area contributed by atoms with Gasteiger partial charge in [-0.1, -0.05) is 5.16 Å². The van der Waals surface area contributed by atoms with Crippen LogP contribution in [0, 0.1) is 13.8 Å². The van der Waals surface area contributed by atoms with Crippen LogP contribution in [0.4, 0.5) is 0 Å². The fraction of sp³-hybridized carbons (Fsp3) is 0.438. The molecular weight excluding hydrogens is 312 g/mol. The third-order valence-corrected chi connectivity index (χ3v) is 4.57. The maximum absolute atomic E-state index is 12.2. The lowest BCUT2D eigenvalue weighted by Gasteiger charge is -2.33. The van der Waals surface area contributed by atoms with E-state index in [1.54, 1.807) is 23.5 Å². The zero-order chi connectivity index (χ0) is 16.2. The number of aryl methyl sites for hydroxylation is 2. The van der Waals surface area contributed by atoms with E-state index in [0.717, 1.165) is 54.9 Å². The van der Waals surface area contributed by atoms with Crippen LogP contribution >= 0.6 is 11.3 Å². The molecule has 122 valence electrons. The number of rotatable bonds is 4. The lowest BCUT2D eigenvalue weighted by molar-refractivity contribution is -0.127. The Morgan fingerprint density at radius 3 is 2.74 bits per heavy atom. The molecule has 7 heteroatoms. The normalized spacial score (nSPS) is 16.3. The van der Waals surface area contributed by atoms with Gasteiger partial charge in [-0.15, -0.1) is 11.3 Å². The average molecular weight is 332 g/mol. The smallest absolute Gasteiger partial charge is 0.246 e. The van der Waals surface area contributed by atoms with Crippen molar-refractivity contribution in [3.05, 3.63) is 39.7 Å². The summed E-state index contributed by atoms with van der Waals surface area (Å²) in [4.78, 5) is 20.7. The Bertz CT molecular complexity index is 699. The summed E-state index contributed by atoms with van der Waals surface area (Å²) in [5, 5.41) is 6.98. The molecule has 1 aliphatic heterocycles. The van der Waals surface area contributed by atoms with Crippen molar-refractivity contribution in [1.82, 2.24) is 19.9 Å². The Balaban J connectivity index is 1.48. The third-order valence-electron chi connectivity index (χ3n) is 3.78. The fourth-order valence-corrected chi connectivity index (χ4v) is 3.15. The molecule has 0 N–H and O–H groups in total. The molecule has 0 radical (unpaired) electrons. The van der Waals surface area contributed by atoms with Gasteiger partial charge in [-0.2, -0.15) is 0 Å². The number of aromatic nitrogens is 2. The van der Waals surface area contributed by atoms with Gasteiger partial charge in [0, 0.05) is 50.2 Å². The fourth-order valence-electron chi connectivity index (χ4n) is 2.57. The highest BCUT2D eigenvalue weighted by molar-refractivity contribution is 7.09. The molecule has 2 aromatic rings. The number of nitrogens with zero attached hydrogens (tertiary/aromatic N) is 4. The lowest BCUT2D eigenvalue weighted by atomic mass is 10.2. The first kappa shape index (κ1) is 15.9. The first-order valence-electron chi connectivity index (χ1n) is 7.64. The molecule has 1 aliphatic rings. The number of piperazine rings is 1. The molecule has 23 heavy (non-hydrogen) atoms. The number of amides is 1. The second-order valence-electron chi connectivity index (χ2n) is 5.66. The summed E-state index contributed by atoms with van der Waals surface area (Å²) in [7, 11) is 0. The second-order valence-corrected chi connectivity index (χ2v) is 6.72. The molecular formula is C16H20N4O2S. The lowest BCUT2D eigenvalue weighted by Crippen LogP contribution is -2.47. The Hall–Kier alpha value is -1.99. The summed E-state index contributed by atoms with van der Waals surface area (Å²) in [6.07, 6.45) is 3.40. The quantitative estimate of drug-likeness (QED) is 0.803. The molecule has 1 fully saturated rings. The summed E-state index contributed by atoms with van der Waals surface area (Å²) in [5.41, 5.74) is 1.79. The second kappa shape index (κ2) is 7.06. The molecule has 1 amide bonds. The first-order valence-corrected chi connectivity index (χ1v) is 8.52. The van der Waals surface area contributed by atoms with Gasteiger partial charge in [0.05, 0.1) is 16.4 Å².